The van der Waals surface area contributed by atoms with Crippen molar-refractivity contribution in [3.63, 3.8) is 0 Å². The van der Waals surface area contributed by atoms with Crippen LogP contribution in [0.1, 0.15) is 12.5 Å². The topological polar surface area (TPSA) is 29.9 Å². The van der Waals surface area contributed by atoms with Crippen molar-refractivity contribution in [2.75, 3.05) is 5.32 Å². The molecule has 0 aliphatic carbocycles. The molecular weight excluding hydrogens is 217 g/mol. The van der Waals surface area contributed by atoms with Crippen molar-refractivity contribution in [2.45, 2.75) is 19.4 Å². The van der Waals surface area contributed by atoms with E-state index in [9.17, 15) is 4.39 Å². The number of aromatic nitrogens is 2. The zero-order chi connectivity index (χ0) is 12.3. The number of rotatable bonds is 4. The van der Waals surface area contributed by atoms with Crippen LogP contribution in [0.3, 0.4) is 0 Å². The quantitative estimate of drug-likeness (QED) is 0.879. The van der Waals surface area contributed by atoms with Gasteiger partial charge in [0.25, 0.3) is 0 Å². The Morgan fingerprint density at radius 2 is 2.00 bits per heavy atom. The SMILES string of the molecule is CC(Cc1ccc(F)cc1)Nc1ccn(C)n1. The molecule has 0 amide bonds. The first kappa shape index (κ1) is 11.6. The summed E-state index contributed by atoms with van der Waals surface area (Å²) in [5.74, 6) is 0.668. The summed E-state index contributed by atoms with van der Waals surface area (Å²) in [7, 11) is 1.88. The van der Waals surface area contributed by atoms with Crippen molar-refractivity contribution in [3.05, 3.63) is 47.9 Å². The largest absolute Gasteiger partial charge is 0.366 e. The van der Waals surface area contributed by atoms with Crippen LogP contribution in [0, 0.1) is 5.82 Å². The molecule has 3 nitrogen and oxygen atoms in total. The highest BCUT2D eigenvalue weighted by Crippen LogP contribution is 2.09. The Morgan fingerprint density at radius 1 is 1.29 bits per heavy atom. The highest BCUT2D eigenvalue weighted by atomic mass is 19.1. The van der Waals surface area contributed by atoms with Gasteiger partial charge in [0.15, 0.2) is 0 Å². The lowest BCUT2D eigenvalue weighted by Gasteiger charge is -2.13. The minimum absolute atomic E-state index is 0.195. The van der Waals surface area contributed by atoms with Gasteiger partial charge in [-0.2, -0.15) is 5.10 Å². The molecule has 0 fully saturated rings. The van der Waals surface area contributed by atoms with E-state index in [1.165, 1.54) is 12.1 Å². The molecule has 0 radical (unpaired) electrons. The second-order valence-corrected chi connectivity index (χ2v) is 4.25. The molecule has 1 heterocycles. The molecule has 2 rings (SSSR count). The van der Waals surface area contributed by atoms with Crippen molar-refractivity contribution in [1.82, 2.24) is 9.78 Å². The van der Waals surface area contributed by atoms with E-state index < -0.39 is 0 Å². The Morgan fingerprint density at radius 3 is 2.59 bits per heavy atom. The van der Waals surface area contributed by atoms with Gasteiger partial charge in [-0.25, -0.2) is 4.39 Å². The molecule has 0 bridgehead atoms. The van der Waals surface area contributed by atoms with Crippen LogP contribution >= 0.6 is 0 Å². The second-order valence-electron chi connectivity index (χ2n) is 4.25. The fourth-order valence-electron chi connectivity index (χ4n) is 1.77. The van der Waals surface area contributed by atoms with E-state index in [-0.39, 0.29) is 11.9 Å². The average molecular weight is 233 g/mol. The van der Waals surface area contributed by atoms with E-state index in [0.29, 0.717) is 0 Å². The standard InChI is InChI=1S/C13H16FN3/c1-10(15-13-7-8-17(2)16-13)9-11-3-5-12(14)6-4-11/h3-8,10H,9H2,1-2H3,(H,15,16). The van der Waals surface area contributed by atoms with E-state index in [0.717, 1.165) is 17.8 Å². The Bertz CT molecular complexity index is 476. The highest BCUT2D eigenvalue weighted by Gasteiger charge is 2.05. The minimum atomic E-state index is -0.195. The zero-order valence-electron chi connectivity index (χ0n) is 10.0. The number of hydrogen-bond donors (Lipinski definition) is 1. The van der Waals surface area contributed by atoms with Gasteiger partial charge >= 0.3 is 0 Å². The average Bonchev–Trinajstić information content (AvgIpc) is 2.67. The Balaban J connectivity index is 1.93. The van der Waals surface area contributed by atoms with Crippen molar-refractivity contribution in [1.29, 1.82) is 0 Å². The Hall–Kier alpha value is -1.84. The molecule has 1 aromatic heterocycles. The van der Waals surface area contributed by atoms with Crippen molar-refractivity contribution >= 4 is 5.82 Å². The van der Waals surface area contributed by atoms with E-state index in [1.54, 1.807) is 4.68 Å². The second kappa shape index (κ2) is 4.99. The van der Waals surface area contributed by atoms with Crippen LogP contribution in [0.15, 0.2) is 36.5 Å². The molecular formula is C13H16FN3. The summed E-state index contributed by atoms with van der Waals surface area (Å²) in [6.45, 7) is 2.08. The summed E-state index contributed by atoms with van der Waals surface area (Å²) < 4.78 is 14.5. The molecule has 17 heavy (non-hydrogen) atoms. The van der Waals surface area contributed by atoms with Gasteiger partial charge in [-0.15, -0.1) is 0 Å². The molecule has 4 heteroatoms. The lowest BCUT2D eigenvalue weighted by atomic mass is 10.1. The third kappa shape index (κ3) is 3.31. The predicted octanol–water partition coefficient (Wildman–Crippen LogP) is 2.60. The van der Waals surface area contributed by atoms with Gasteiger partial charge in [0.1, 0.15) is 11.6 Å². The maximum atomic E-state index is 12.7. The number of nitrogens with one attached hydrogen (secondary N) is 1. The fourth-order valence-corrected chi connectivity index (χ4v) is 1.77. The normalized spacial score (nSPS) is 12.4. The van der Waals surface area contributed by atoms with Gasteiger partial charge in [0.2, 0.25) is 0 Å². The summed E-state index contributed by atoms with van der Waals surface area (Å²) in [5, 5.41) is 7.55. The summed E-state index contributed by atoms with van der Waals surface area (Å²) in [5.41, 5.74) is 1.11. The van der Waals surface area contributed by atoms with Crippen LogP contribution in [0.25, 0.3) is 0 Å². The first-order chi connectivity index (χ1) is 8.13. The van der Waals surface area contributed by atoms with Crippen LogP contribution in [0.4, 0.5) is 10.2 Å². The first-order valence-corrected chi connectivity index (χ1v) is 5.64. The molecule has 0 aliphatic heterocycles. The maximum absolute atomic E-state index is 12.7. The van der Waals surface area contributed by atoms with Gasteiger partial charge < -0.3 is 5.32 Å². The minimum Gasteiger partial charge on any atom is -0.366 e. The van der Waals surface area contributed by atoms with Crippen LogP contribution in [0.5, 0.6) is 0 Å². The third-order valence-corrected chi connectivity index (χ3v) is 2.56. The number of halogens is 1. The van der Waals surface area contributed by atoms with Crippen LogP contribution in [-0.2, 0) is 13.5 Å². The van der Waals surface area contributed by atoms with Gasteiger partial charge in [-0.05, 0) is 31.0 Å². The summed E-state index contributed by atoms with van der Waals surface area (Å²) in [4.78, 5) is 0. The van der Waals surface area contributed by atoms with E-state index in [2.05, 4.69) is 17.3 Å². The summed E-state index contributed by atoms with van der Waals surface area (Å²) in [6.07, 6.45) is 2.74. The Kier molecular flexibility index (Phi) is 3.42. The van der Waals surface area contributed by atoms with Crippen LogP contribution < -0.4 is 5.32 Å². The van der Waals surface area contributed by atoms with Crippen LogP contribution in [-0.4, -0.2) is 15.8 Å². The molecule has 1 atom stereocenters. The molecule has 0 spiro atoms. The number of nitrogens with zero attached hydrogens (tertiary/aromatic N) is 2. The van der Waals surface area contributed by atoms with Gasteiger partial charge in [0.05, 0.1) is 0 Å². The molecule has 1 unspecified atom stereocenters. The number of hydrogen-bond acceptors (Lipinski definition) is 2. The van der Waals surface area contributed by atoms with Crippen molar-refractivity contribution in [2.24, 2.45) is 7.05 Å². The summed E-state index contributed by atoms with van der Waals surface area (Å²) >= 11 is 0. The van der Waals surface area contributed by atoms with Gasteiger partial charge in [-0.3, -0.25) is 4.68 Å². The van der Waals surface area contributed by atoms with Crippen molar-refractivity contribution in [3.8, 4) is 0 Å². The monoisotopic (exact) mass is 233 g/mol. The molecule has 0 saturated carbocycles. The lowest BCUT2D eigenvalue weighted by Crippen LogP contribution is -2.18. The van der Waals surface area contributed by atoms with Gasteiger partial charge in [-0.1, -0.05) is 12.1 Å². The molecule has 90 valence electrons. The fraction of sp³-hybridized carbons (Fsp3) is 0.308. The molecule has 0 saturated heterocycles. The summed E-state index contributed by atoms with van der Waals surface area (Å²) in [6, 6.07) is 8.79. The predicted molar refractivity (Wildman–Crippen MR) is 66.4 cm³/mol. The van der Waals surface area contributed by atoms with Crippen molar-refractivity contribution < 1.29 is 4.39 Å². The first-order valence-electron chi connectivity index (χ1n) is 5.64. The Labute approximate surface area is 100 Å². The highest BCUT2D eigenvalue weighted by molar-refractivity contribution is 5.34. The molecule has 1 aromatic carbocycles. The van der Waals surface area contributed by atoms with E-state index in [1.807, 2.05) is 31.4 Å². The van der Waals surface area contributed by atoms with E-state index in [4.69, 9.17) is 0 Å². The number of benzene rings is 1. The molecule has 0 aliphatic rings. The lowest BCUT2D eigenvalue weighted by molar-refractivity contribution is 0.626. The maximum Gasteiger partial charge on any atom is 0.148 e. The molecule has 2 aromatic rings. The number of anilines is 1. The molecule has 1 N–H and O–H groups in total. The van der Waals surface area contributed by atoms with Gasteiger partial charge in [0, 0.05) is 25.4 Å². The zero-order valence-corrected chi connectivity index (χ0v) is 10.0. The van der Waals surface area contributed by atoms with Crippen LogP contribution in [0.2, 0.25) is 0 Å². The third-order valence-electron chi connectivity index (χ3n) is 2.56. The number of aryl methyl sites for hydroxylation is 1. The van der Waals surface area contributed by atoms with E-state index >= 15 is 0 Å². The smallest absolute Gasteiger partial charge is 0.148 e.